The second-order valence-electron chi connectivity index (χ2n) is 6.04. The molecule has 1 amide bonds. The molecule has 2 aromatic rings. The van der Waals surface area contributed by atoms with Crippen molar-refractivity contribution in [1.82, 2.24) is 4.98 Å². The van der Waals surface area contributed by atoms with Crippen LogP contribution in [0.2, 0.25) is 0 Å². The number of ether oxygens (including phenoxy) is 3. The molecule has 0 unspecified atom stereocenters. The number of carbonyl (C=O) groups is 1. The Bertz CT molecular complexity index is 763. The molecule has 0 N–H and O–H groups in total. The molecular weight excluding hydrogens is 320 g/mol. The summed E-state index contributed by atoms with van der Waals surface area (Å²) in [6.45, 7) is 5.30. The number of carbonyl (C=O) groups excluding carboxylic acids is 1. The highest BCUT2D eigenvalue weighted by Gasteiger charge is 2.28. The Morgan fingerprint density at radius 1 is 1.32 bits per heavy atom. The zero-order valence-electron chi connectivity index (χ0n) is 14.7. The van der Waals surface area contributed by atoms with Gasteiger partial charge in [-0.1, -0.05) is 6.07 Å². The molecular formula is C19H22N2O4. The van der Waals surface area contributed by atoms with Gasteiger partial charge >= 0.3 is 0 Å². The van der Waals surface area contributed by atoms with E-state index in [1.165, 1.54) is 0 Å². The summed E-state index contributed by atoms with van der Waals surface area (Å²) in [7, 11) is 1.61. The summed E-state index contributed by atoms with van der Waals surface area (Å²) in [6, 6.07) is 9.21. The predicted molar refractivity (Wildman–Crippen MR) is 94.6 cm³/mol. The van der Waals surface area contributed by atoms with Gasteiger partial charge in [0.1, 0.15) is 18.5 Å². The van der Waals surface area contributed by atoms with Gasteiger partial charge in [-0.15, -0.1) is 0 Å². The largest absolute Gasteiger partial charge is 0.487 e. The Hall–Kier alpha value is -2.60. The average molecular weight is 342 g/mol. The Balaban J connectivity index is 1.86. The van der Waals surface area contributed by atoms with Crippen LogP contribution >= 0.6 is 0 Å². The van der Waals surface area contributed by atoms with E-state index < -0.39 is 0 Å². The van der Waals surface area contributed by atoms with Crippen molar-refractivity contribution in [3.05, 3.63) is 47.7 Å². The second kappa shape index (κ2) is 7.53. The van der Waals surface area contributed by atoms with E-state index >= 15 is 0 Å². The van der Waals surface area contributed by atoms with Gasteiger partial charge in [0.2, 0.25) is 5.88 Å². The highest BCUT2D eigenvalue weighted by Crippen LogP contribution is 2.35. The summed E-state index contributed by atoms with van der Waals surface area (Å²) in [6.07, 6.45) is 1.51. The number of rotatable bonds is 5. The summed E-state index contributed by atoms with van der Waals surface area (Å²) in [5, 5.41) is 0. The fraction of sp³-hybridized carbons (Fsp3) is 0.368. The molecule has 1 aliphatic rings. The topological polar surface area (TPSA) is 60.9 Å². The monoisotopic (exact) mass is 342 g/mol. The maximum absolute atomic E-state index is 13.1. The Morgan fingerprint density at radius 2 is 2.16 bits per heavy atom. The minimum atomic E-state index is -0.0963. The van der Waals surface area contributed by atoms with E-state index in [9.17, 15) is 4.79 Å². The van der Waals surface area contributed by atoms with Crippen LogP contribution in [0.5, 0.6) is 11.6 Å². The van der Waals surface area contributed by atoms with Crippen LogP contribution in [0.15, 0.2) is 36.5 Å². The van der Waals surface area contributed by atoms with Crippen molar-refractivity contribution >= 4 is 11.6 Å². The molecule has 3 rings (SSSR count). The van der Waals surface area contributed by atoms with Crippen molar-refractivity contribution in [3.8, 4) is 11.6 Å². The van der Waals surface area contributed by atoms with Gasteiger partial charge < -0.3 is 19.1 Å². The number of aromatic nitrogens is 1. The SMILES string of the molecule is COCCOc1cc(C(=O)N2C[C@@H](C)Oc3ccc(C)cc32)ccn1. The van der Waals surface area contributed by atoms with Crippen LogP contribution in [0.25, 0.3) is 0 Å². The van der Waals surface area contributed by atoms with Crippen molar-refractivity contribution in [2.75, 3.05) is 31.8 Å². The average Bonchev–Trinajstić information content (AvgIpc) is 2.61. The van der Waals surface area contributed by atoms with Gasteiger partial charge in [0.25, 0.3) is 5.91 Å². The molecule has 2 heterocycles. The van der Waals surface area contributed by atoms with Crippen molar-refractivity contribution in [2.45, 2.75) is 20.0 Å². The minimum absolute atomic E-state index is 0.0709. The standard InChI is InChI=1S/C19H22N2O4/c1-13-4-5-17-16(10-13)21(12-14(2)25-17)19(22)15-6-7-20-18(11-15)24-9-8-23-3/h4-7,10-11,14H,8-9,12H2,1-3H3/t14-/m1/s1. The molecule has 0 radical (unpaired) electrons. The third-order valence-electron chi connectivity index (χ3n) is 3.94. The van der Waals surface area contributed by atoms with Crippen LogP contribution in [-0.2, 0) is 4.74 Å². The molecule has 1 atom stereocenters. The third kappa shape index (κ3) is 3.91. The molecule has 0 fully saturated rings. The number of hydrogen-bond donors (Lipinski definition) is 0. The molecule has 1 aromatic heterocycles. The van der Waals surface area contributed by atoms with Crippen LogP contribution < -0.4 is 14.4 Å². The summed E-state index contributed by atoms with van der Waals surface area (Å²) >= 11 is 0. The van der Waals surface area contributed by atoms with Crippen molar-refractivity contribution in [2.24, 2.45) is 0 Å². The van der Waals surface area contributed by atoms with Gasteiger partial charge in [-0.3, -0.25) is 4.79 Å². The number of anilines is 1. The molecule has 132 valence electrons. The van der Waals surface area contributed by atoms with E-state index in [1.807, 2.05) is 32.0 Å². The molecule has 1 aliphatic heterocycles. The molecule has 0 saturated carbocycles. The van der Waals surface area contributed by atoms with Crippen molar-refractivity contribution < 1.29 is 19.0 Å². The van der Waals surface area contributed by atoms with Gasteiger partial charge in [0.15, 0.2) is 0 Å². The van der Waals surface area contributed by atoms with Gasteiger partial charge in [0.05, 0.1) is 18.8 Å². The number of amides is 1. The predicted octanol–water partition coefficient (Wildman–Crippen LogP) is 2.84. The molecule has 0 spiro atoms. The molecule has 6 heteroatoms. The number of methoxy groups -OCH3 is 1. The zero-order chi connectivity index (χ0) is 17.8. The minimum Gasteiger partial charge on any atom is -0.487 e. The highest BCUT2D eigenvalue weighted by molar-refractivity contribution is 6.07. The van der Waals surface area contributed by atoms with Crippen LogP contribution in [0.1, 0.15) is 22.8 Å². The number of hydrogen-bond acceptors (Lipinski definition) is 5. The Kier molecular flexibility index (Phi) is 5.19. The van der Waals surface area contributed by atoms with E-state index in [0.717, 1.165) is 17.0 Å². The van der Waals surface area contributed by atoms with Gasteiger partial charge in [0, 0.05) is 24.9 Å². The van der Waals surface area contributed by atoms with E-state index in [2.05, 4.69) is 4.98 Å². The first-order valence-corrected chi connectivity index (χ1v) is 8.25. The molecule has 0 aliphatic carbocycles. The lowest BCUT2D eigenvalue weighted by atomic mass is 10.1. The number of aryl methyl sites for hydroxylation is 1. The highest BCUT2D eigenvalue weighted by atomic mass is 16.5. The fourth-order valence-electron chi connectivity index (χ4n) is 2.75. The first kappa shape index (κ1) is 17.2. The Labute approximate surface area is 147 Å². The van der Waals surface area contributed by atoms with Crippen LogP contribution in [-0.4, -0.2) is 43.9 Å². The zero-order valence-corrected chi connectivity index (χ0v) is 14.7. The van der Waals surface area contributed by atoms with Gasteiger partial charge in [-0.05, 0) is 37.6 Å². The smallest absolute Gasteiger partial charge is 0.258 e. The van der Waals surface area contributed by atoms with E-state index in [-0.39, 0.29) is 12.0 Å². The summed E-state index contributed by atoms with van der Waals surface area (Å²) in [5.74, 6) is 1.04. The first-order valence-electron chi connectivity index (χ1n) is 8.25. The van der Waals surface area contributed by atoms with E-state index in [0.29, 0.717) is 31.2 Å². The number of benzene rings is 1. The summed E-state index contributed by atoms with van der Waals surface area (Å²) < 4.78 is 16.3. The number of nitrogens with zero attached hydrogens (tertiary/aromatic N) is 2. The first-order chi connectivity index (χ1) is 12.1. The molecule has 1 aromatic carbocycles. The van der Waals surface area contributed by atoms with Gasteiger partial charge in [-0.2, -0.15) is 0 Å². The van der Waals surface area contributed by atoms with E-state index in [1.54, 1.807) is 30.3 Å². The van der Waals surface area contributed by atoms with Crippen LogP contribution in [0, 0.1) is 6.92 Å². The number of pyridine rings is 1. The fourth-order valence-corrected chi connectivity index (χ4v) is 2.75. The molecule has 0 bridgehead atoms. The third-order valence-corrected chi connectivity index (χ3v) is 3.94. The Morgan fingerprint density at radius 3 is 2.96 bits per heavy atom. The summed E-state index contributed by atoms with van der Waals surface area (Å²) in [5.41, 5.74) is 2.40. The summed E-state index contributed by atoms with van der Waals surface area (Å²) in [4.78, 5) is 19.0. The van der Waals surface area contributed by atoms with Crippen molar-refractivity contribution in [3.63, 3.8) is 0 Å². The second-order valence-corrected chi connectivity index (χ2v) is 6.04. The quantitative estimate of drug-likeness (QED) is 0.782. The molecule has 25 heavy (non-hydrogen) atoms. The lowest BCUT2D eigenvalue weighted by Gasteiger charge is -2.33. The van der Waals surface area contributed by atoms with Crippen molar-refractivity contribution in [1.29, 1.82) is 0 Å². The van der Waals surface area contributed by atoms with Crippen LogP contribution in [0.3, 0.4) is 0 Å². The lowest BCUT2D eigenvalue weighted by Crippen LogP contribution is -2.42. The maximum atomic E-state index is 13.1. The van der Waals surface area contributed by atoms with Crippen LogP contribution in [0.4, 0.5) is 5.69 Å². The normalized spacial score (nSPS) is 16.1. The lowest BCUT2D eigenvalue weighted by molar-refractivity contribution is 0.0960. The molecule has 6 nitrogen and oxygen atoms in total. The van der Waals surface area contributed by atoms with Gasteiger partial charge in [-0.25, -0.2) is 4.98 Å². The number of fused-ring (bicyclic) bond motifs is 1. The molecule has 0 saturated heterocycles. The maximum Gasteiger partial charge on any atom is 0.258 e. The van der Waals surface area contributed by atoms with E-state index in [4.69, 9.17) is 14.2 Å².